The zero-order valence-electron chi connectivity index (χ0n) is 12.1. The van der Waals surface area contributed by atoms with Crippen LogP contribution >= 0.6 is 0 Å². The Bertz CT molecular complexity index is 816. The maximum Gasteiger partial charge on any atom is 0.223 e. The first kappa shape index (κ1) is 13.4. The molecule has 2 heterocycles. The third-order valence-corrected chi connectivity index (χ3v) is 3.55. The van der Waals surface area contributed by atoms with Crippen molar-refractivity contribution in [2.24, 2.45) is 5.73 Å². The van der Waals surface area contributed by atoms with Crippen molar-refractivity contribution >= 4 is 11.6 Å². The van der Waals surface area contributed by atoms with Gasteiger partial charge in [-0.15, -0.1) is 0 Å². The van der Waals surface area contributed by atoms with Crippen LogP contribution in [0.5, 0.6) is 0 Å². The van der Waals surface area contributed by atoms with Crippen LogP contribution in [-0.4, -0.2) is 15.3 Å². The fourth-order valence-corrected chi connectivity index (χ4v) is 2.47. The minimum atomic E-state index is -0.356. The molecule has 3 aromatic rings. The van der Waals surface area contributed by atoms with Crippen molar-refractivity contribution in [1.29, 1.82) is 0 Å². The zero-order valence-corrected chi connectivity index (χ0v) is 12.1. The molecule has 0 aliphatic carbocycles. The predicted molar refractivity (Wildman–Crippen MR) is 83.0 cm³/mol. The topological polar surface area (TPSA) is 60.4 Å². The number of hydrogen-bond acceptors (Lipinski definition) is 2. The lowest BCUT2D eigenvalue weighted by molar-refractivity contribution is -0.117. The molecule has 0 aliphatic rings. The maximum absolute atomic E-state index is 11.4. The molecule has 4 heteroatoms. The molecule has 2 N–H and O–H groups in total. The van der Waals surface area contributed by atoms with Crippen LogP contribution < -0.4 is 5.73 Å². The number of aromatic nitrogens is 2. The van der Waals surface area contributed by atoms with Crippen molar-refractivity contribution in [3.05, 3.63) is 59.4 Å². The second-order valence-corrected chi connectivity index (χ2v) is 5.35. The molecule has 0 saturated carbocycles. The minimum Gasteiger partial charge on any atom is -0.369 e. The first-order valence-electron chi connectivity index (χ1n) is 6.87. The summed E-state index contributed by atoms with van der Waals surface area (Å²) in [7, 11) is 0. The zero-order chi connectivity index (χ0) is 15.0. The van der Waals surface area contributed by atoms with E-state index in [0.717, 1.165) is 28.2 Å². The van der Waals surface area contributed by atoms with Crippen LogP contribution in [0, 0.1) is 13.8 Å². The molecule has 0 fully saturated rings. The van der Waals surface area contributed by atoms with Gasteiger partial charge in [-0.25, -0.2) is 4.98 Å². The van der Waals surface area contributed by atoms with Gasteiger partial charge in [0.05, 0.1) is 17.8 Å². The van der Waals surface area contributed by atoms with Gasteiger partial charge in [0.15, 0.2) is 0 Å². The summed E-state index contributed by atoms with van der Waals surface area (Å²) >= 11 is 0. The molecule has 0 radical (unpaired) electrons. The van der Waals surface area contributed by atoms with Crippen LogP contribution in [0.2, 0.25) is 0 Å². The van der Waals surface area contributed by atoms with Crippen molar-refractivity contribution < 1.29 is 4.79 Å². The van der Waals surface area contributed by atoms with Gasteiger partial charge in [-0.05, 0) is 31.5 Å². The number of carbonyl (C=O) groups is 1. The maximum atomic E-state index is 11.4. The lowest BCUT2D eigenvalue weighted by atomic mass is 10.1. The fraction of sp³-hybridized carbons (Fsp3) is 0.176. The van der Waals surface area contributed by atoms with Crippen molar-refractivity contribution in [1.82, 2.24) is 9.38 Å². The lowest BCUT2D eigenvalue weighted by Gasteiger charge is -2.04. The number of primary amides is 1. The highest BCUT2D eigenvalue weighted by Crippen LogP contribution is 2.25. The highest BCUT2D eigenvalue weighted by molar-refractivity contribution is 5.80. The van der Waals surface area contributed by atoms with Gasteiger partial charge in [-0.3, -0.25) is 4.79 Å². The molecule has 2 aromatic heterocycles. The van der Waals surface area contributed by atoms with Gasteiger partial charge in [0.25, 0.3) is 0 Å². The van der Waals surface area contributed by atoms with E-state index in [1.54, 1.807) is 0 Å². The van der Waals surface area contributed by atoms with E-state index in [1.165, 1.54) is 5.56 Å². The van der Waals surface area contributed by atoms with Crippen molar-refractivity contribution in [3.63, 3.8) is 0 Å². The summed E-state index contributed by atoms with van der Waals surface area (Å²) < 4.78 is 1.94. The molecule has 0 atom stereocenters. The molecule has 1 aromatic carbocycles. The van der Waals surface area contributed by atoms with E-state index in [4.69, 9.17) is 5.73 Å². The average molecular weight is 279 g/mol. The van der Waals surface area contributed by atoms with Gasteiger partial charge in [-0.2, -0.15) is 0 Å². The second kappa shape index (κ2) is 5.05. The fourth-order valence-electron chi connectivity index (χ4n) is 2.47. The highest BCUT2D eigenvalue weighted by atomic mass is 16.1. The SMILES string of the molecule is Cc1ccc(-c2nc3cc(C)ccn3c2CC(N)=O)cc1. The van der Waals surface area contributed by atoms with E-state index < -0.39 is 0 Å². The summed E-state index contributed by atoms with van der Waals surface area (Å²) in [6.45, 7) is 4.06. The standard InChI is InChI=1S/C17H17N3O/c1-11-3-5-13(6-4-11)17-14(10-15(18)21)20-8-7-12(2)9-16(20)19-17/h3-9H,10H2,1-2H3,(H2,18,21). The van der Waals surface area contributed by atoms with Crippen molar-refractivity contribution in [2.45, 2.75) is 20.3 Å². The summed E-state index contributed by atoms with van der Waals surface area (Å²) in [5, 5.41) is 0. The van der Waals surface area contributed by atoms with Gasteiger partial charge >= 0.3 is 0 Å². The highest BCUT2D eigenvalue weighted by Gasteiger charge is 2.15. The molecule has 0 unspecified atom stereocenters. The van der Waals surface area contributed by atoms with Gasteiger partial charge in [0.1, 0.15) is 5.65 Å². The molecular formula is C17H17N3O. The van der Waals surface area contributed by atoms with Gasteiger partial charge in [0.2, 0.25) is 5.91 Å². The number of rotatable bonds is 3. The molecule has 4 nitrogen and oxygen atoms in total. The summed E-state index contributed by atoms with van der Waals surface area (Å²) in [5.74, 6) is -0.356. The smallest absolute Gasteiger partial charge is 0.223 e. The number of hydrogen-bond donors (Lipinski definition) is 1. The number of pyridine rings is 1. The van der Waals surface area contributed by atoms with E-state index in [-0.39, 0.29) is 12.3 Å². The summed E-state index contributed by atoms with van der Waals surface area (Å²) in [4.78, 5) is 16.1. The number of amides is 1. The lowest BCUT2D eigenvalue weighted by Crippen LogP contribution is -2.15. The number of imidazole rings is 1. The molecule has 0 aliphatic heterocycles. The molecular weight excluding hydrogens is 262 g/mol. The van der Waals surface area contributed by atoms with Crippen molar-refractivity contribution in [3.8, 4) is 11.3 Å². The number of nitrogens with zero attached hydrogens (tertiary/aromatic N) is 2. The Labute approximate surface area is 123 Å². The Morgan fingerprint density at radius 2 is 1.86 bits per heavy atom. The number of benzene rings is 1. The largest absolute Gasteiger partial charge is 0.369 e. The van der Waals surface area contributed by atoms with Crippen molar-refractivity contribution in [2.75, 3.05) is 0 Å². The molecule has 1 amide bonds. The van der Waals surface area contributed by atoms with Gasteiger partial charge < -0.3 is 10.1 Å². The second-order valence-electron chi connectivity index (χ2n) is 5.35. The Kier molecular flexibility index (Phi) is 3.22. The number of carbonyl (C=O) groups excluding carboxylic acids is 1. The van der Waals surface area contributed by atoms with Gasteiger partial charge in [0, 0.05) is 11.8 Å². The van der Waals surface area contributed by atoms with E-state index >= 15 is 0 Å². The summed E-state index contributed by atoms with van der Waals surface area (Å²) in [6.07, 6.45) is 2.11. The van der Waals surface area contributed by atoms with E-state index in [0.29, 0.717) is 0 Å². The van der Waals surface area contributed by atoms with Crippen LogP contribution in [0.4, 0.5) is 0 Å². The number of aryl methyl sites for hydroxylation is 2. The van der Waals surface area contributed by atoms with E-state index in [2.05, 4.69) is 4.98 Å². The normalized spacial score (nSPS) is 11.0. The Morgan fingerprint density at radius 1 is 1.14 bits per heavy atom. The summed E-state index contributed by atoms with van der Waals surface area (Å²) in [5.41, 5.74) is 11.2. The average Bonchev–Trinajstić information content (AvgIpc) is 2.77. The minimum absolute atomic E-state index is 0.174. The van der Waals surface area contributed by atoms with Crippen LogP contribution in [0.25, 0.3) is 16.9 Å². The molecule has 106 valence electrons. The monoisotopic (exact) mass is 279 g/mol. The van der Waals surface area contributed by atoms with E-state index in [9.17, 15) is 4.79 Å². The number of fused-ring (bicyclic) bond motifs is 1. The molecule has 0 spiro atoms. The van der Waals surface area contributed by atoms with Gasteiger partial charge in [-0.1, -0.05) is 29.8 Å². The Balaban J connectivity index is 2.24. The Morgan fingerprint density at radius 3 is 2.52 bits per heavy atom. The quantitative estimate of drug-likeness (QED) is 0.801. The first-order valence-corrected chi connectivity index (χ1v) is 6.87. The third-order valence-electron chi connectivity index (χ3n) is 3.55. The van der Waals surface area contributed by atoms with Crippen LogP contribution in [0.15, 0.2) is 42.6 Å². The first-order chi connectivity index (χ1) is 10.0. The molecule has 21 heavy (non-hydrogen) atoms. The summed E-state index contributed by atoms with van der Waals surface area (Å²) in [6, 6.07) is 12.1. The Hall–Kier alpha value is -2.62. The van der Waals surface area contributed by atoms with Crippen LogP contribution in [-0.2, 0) is 11.2 Å². The third kappa shape index (κ3) is 2.52. The van der Waals surface area contributed by atoms with E-state index in [1.807, 2.05) is 60.8 Å². The van der Waals surface area contributed by atoms with Crippen LogP contribution in [0.3, 0.4) is 0 Å². The van der Waals surface area contributed by atoms with Crippen LogP contribution in [0.1, 0.15) is 16.8 Å². The molecule has 3 rings (SSSR count). The number of nitrogens with two attached hydrogens (primary N) is 1. The molecule has 0 saturated heterocycles. The predicted octanol–water partition coefficient (Wildman–Crippen LogP) is 2.65. The molecule has 0 bridgehead atoms.